The highest BCUT2D eigenvalue weighted by atomic mass is 19.1. The zero-order valence-corrected chi connectivity index (χ0v) is 11.3. The van der Waals surface area contributed by atoms with Crippen LogP contribution >= 0.6 is 0 Å². The monoisotopic (exact) mass is 283 g/mol. The number of imidazole rings is 1. The van der Waals surface area contributed by atoms with Crippen LogP contribution in [0, 0.1) is 5.82 Å². The minimum Gasteiger partial charge on any atom is -0.350 e. The molecule has 4 nitrogen and oxygen atoms in total. The smallest absolute Gasteiger partial charge is 0.251 e. The van der Waals surface area contributed by atoms with Crippen LogP contribution in [0.25, 0.3) is 11.0 Å². The minimum absolute atomic E-state index is 0.279. The van der Waals surface area contributed by atoms with Crippen molar-refractivity contribution in [2.75, 3.05) is 6.54 Å². The van der Waals surface area contributed by atoms with Gasteiger partial charge >= 0.3 is 0 Å². The van der Waals surface area contributed by atoms with E-state index in [4.69, 9.17) is 0 Å². The highest BCUT2D eigenvalue weighted by molar-refractivity contribution is 5.94. The summed E-state index contributed by atoms with van der Waals surface area (Å²) < 4.78 is 15.0. The molecule has 0 aliphatic heterocycles. The van der Waals surface area contributed by atoms with Crippen LogP contribution in [0.2, 0.25) is 0 Å². The van der Waals surface area contributed by atoms with E-state index in [1.165, 1.54) is 18.2 Å². The summed E-state index contributed by atoms with van der Waals surface area (Å²) in [6.07, 6.45) is 1.75. The van der Waals surface area contributed by atoms with Crippen molar-refractivity contribution in [3.8, 4) is 0 Å². The van der Waals surface area contributed by atoms with Gasteiger partial charge in [0, 0.05) is 18.7 Å². The average Bonchev–Trinajstić information content (AvgIpc) is 2.91. The number of fused-ring (bicyclic) bond motifs is 1. The molecule has 1 N–H and O–H groups in total. The number of rotatable bonds is 4. The van der Waals surface area contributed by atoms with Crippen LogP contribution in [0.4, 0.5) is 4.39 Å². The summed E-state index contributed by atoms with van der Waals surface area (Å²) in [5, 5.41) is 2.77. The molecule has 0 radical (unpaired) electrons. The van der Waals surface area contributed by atoms with Gasteiger partial charge in [-0.25, -0.2) is 9.37 Å². The third-order valence-corrected chi connectivity index (χ3v) is 3.25. The number of hydrogen-bond acceptors (Lipinski definition) is 2. The van der Waals surface area contributed by atoms with E-state index in [9.17, 15) is 9.18 Å². The Morgan fingerprint density at radius 2 is 2.05 bits per heavy atom. The van der Waals surface area contributed by atoms with Crippen LogP contribution in [-0.2, 0) is 6.54 Å². The van der Waals surface area contributed by atoms with E-state index >= 15 is 0 Å². The molecule has 0 bridgehead atoms. The van der Waals surface area contributed by atoms with Crippen molar-refractivity contribution < 1.29 is 9.18 Å². The lowest BCUT2D eigenvalue weighted by molar-refractivity contribution is 0.0952. The third-order valence-electron chi connectivity index (χ3n) is 3.25. The molecule has 0 spiro atoms. The molecule has 3 aromatic rings. The van der Waals surface area contributed by atoms with E-state index < -0.39 is 5.82 Å². The van der Waals surface area contributed by atoms with Crippen molar-refractivity contribution in [3.63, 3.8) is 0 Å². The maximum Gasteiger partial charge on any atom is 0.251 e. The predicted molar refractivity (Wildman–Crippen MR) is 78.5 cm³/mol. The molecular formula is C16H14FN3O. The van der Waals surface area contributed by atoms with Gasteiger partial charge in [0.1, 0.15) is 5.82 Å². The van der Waals surface area contributed by atoms with Crippen molar-refractivity contribution in [1.29, 1.82) is 0 Å². The van der Waals surface area contributed by atoms with Gasteiger partial charge in [0.05, 0.1) is 17.4 Å². The largest absolute Gasteiger partial charge is 0.350 e. The first-order valence-electron chi connectivity index (χ1n) is 6.68. The number of benzene rings is 2. The summed E-state index contributed by atoms with van der Waals surface area (Å²) in [5.74, 6) is -0.692. The molecular weight excluding hydrogens is 269 g/mol. The van der Waals surface area contributed by atoms with Crippen LogP contribution < -0.4 is 5.32 Å². The summed E-state index contributed by atoms with van der Waals surface area (Å²) >= 11 is 0. The van der Waals surface area contributed by atoms with Crippen molar-refractivity contribution >= 4 is 16.9 Å². The number of nitrogens with zero attached hydrogens (tertiary/aromatic N) is 2. The standard InChI is InChI=1S/C16H14FN3O/c17-13-5-3-4-12(10-13)16(21)18-8-9-20-11-19-14-6-1-2-7-15(14)20/h1-7,10-11H,8-9H2,(H,18,21). The molecule has 0 aliphatic rings. The molecule has 5 heteroatoms. The highest BCUT2D eigenvalue weighted by Crippen LogP contribution is 2.11. The zero-order chi connectivity index (χ0) is 14.7. The van der Waals surface area contributed by atoms with Gasteiger partial charge in [-0.2, -0.15) is 0 Å². The van der Waals surface area contributed by atoms with Gasteiger partial charge in [0.25, 0.3) is 5.91 Å². The van der Waals surface area contributed by atoms with Crippen molar-refractivity contribution in [3.05, 3.63) is 66.2 Å². The quantitative estimate of drug-likeness (QED) is 0.800. The Balaban J connectivity index is 1.62. The van der Waals surface area contributed by atoms with E-state index in [2.05, 4.69) is 10.3 Å². The third kappa shape index (κ3) is 2.91. The van der Waals surface area contributed by atoms with Crippen molar-refractivity contribution in [2.24, 2.45) is 0 Å². The first-order chi connectivity index (χ1) is 10.2. The van der Waals surface area contributed by atoms with Gasteiger partial charge in [0.15, 0.2) is 0 Å². The van der Waals surface area contributed by atoms with Gasteiger partial charge in [-0.05, 0) is 30.3 Å². The lowest BCUT2D eigenvalue weighted by Crippen LogP contribution is -2.27. The van der Waals surface area contributed by atoms with Gasteiger partial charge in [-0.1, -0.05) is 18.2 Å². The Morgan fingerprint density at radius 3 is 2.90 bits per heavy atom. The second-order valence-electron chi connectivity index (χ2n) is 4.69. The van der Waals surface area contributed by atoms with Gasteiger partial charge in [-0.3, -0.25) is 4.79 Å². The Hall–Kier alpha value is -2.69. The van der Waals surface area contributed by atoms with Crippen LogP contribution in [0.1, 0.15) is 10.4 Å². The Labute approximate surface area is 121 Å². The molecule has 1 aromatic heterocycles. The average molecular weight is 283 g/mol. The number of halogens is 1. The van der Waals surface area contributed by atoms with Gasteiger partial charge in [0.2, 0.25) is 0 Å². The Bertz CT molecular complexity index is 782. The van der Waals surface area contributed by atoms with E-state index in [0.29, 0.717) is 18.7 Å². The summed E-state index contributed by atoms with van der Waals surface area (Å²) in [4.78, 5) is 16.2. The molecule has 0 aliphatic carbocycles. The lowest BCUT2D eigenvalue weighted by atomic mass is 10.2. The minimum atomic E-state index is -0.414. The molecule has 0 saturated carbocycles. The topological polar surface area (TPSA) is 46.9 Å². The molecule has 3 rings (SSSR count). The summed E-state index contributed by atoms with van der Waals surface area (Å²) in [6.45, 7) is 1.07. The molecule has 1 heterocycles. The Morgan fingerprint density at radius 1 is 1.19 bits per heavy atom. The van der Waals surface area contributed by atoms with Crippen molar-refractivity contribution in [2.45, 2.75) is 6.54 Å². The predicted octanol–water partition coefficient (Wildman–Crippen LogP) is 2.61. The molecule has 0 unspecified atom stereocenters. The molecule has 2 aromatic carbocycles. The highest BCUT2D eigenvalue weighted by Gasteiger charge is 2.06. The summed E-state index contributed by atoms with van der Waals surface area (Å²) in [7, 11) is 0. The number of amides is 1. The number of carbonyl (C=O) groups excluding carboxylic acids is 1. The second-order valence-corrected chi connectivity index (χ2v) is 4.69. The number of para-hydroxylation sites is 2. The fraction of sp³-hybridized carbons (Fsp3) is 0.125. The van der Waals surface area contributed by atoms with E-state index in [1.807, 2.05) is 28.8 Å². The first-order valence-corrected chi connectivity index (χ1v) is 6.68. The zero-order valence-electron chi connectivity index (χ0n) is 11.3. The second kappa shape index (κ2) is 5.75. The molecule has 21 heavy (non-hydrogen) atoms. The van der Waals surface area contributed by atoms with E-state index in [-0.39, 0.29) is 5.91 Å². The maximum absolute atomic E-state index is 13.1. The van der Waals surface area contributed by atoms with Crippen LogP contribution in [-0.4, -0.2) is 22.0 Å². The van der Waals surface area contributed by atoms with E-state index in [1.54, 1.807) is 12.4 Å². The Kier molecular flexibility index (Phi) is 3.64. The number of carbonyl (C=O) groups is 1. The fourth-order valence-electron chi connectivity index (χ4n) is 2.21. The molecule has 106 valence electrons. The number of aromatic nitrogens is 2. The van der Waals surface area contributed by atoms with Gasteiger partial charge in [-0.15, -0.1) is 0 Å². The van der Waals surface area contributed by atoms with E-state index in [0.717, 1.165) is 11.0 Å². The molecule has 0 saturated heterocycles. The SMILES string of the molecule is O=C(NCCn1cnc2ccccc21)c1cccc(F)c1. The van der Waals surface area contributed by atoms with Crippen LogP contribution in [0.3, 0.4) is 0 Å². The first kappa shape index (κ1) is 13.3. The van der Waals surface area contributed by atoms with Crippen LogP contribution in [0.15, 0.2) is 54.9 Å². The van der Waals surface area contributed by atoms with Crippen LogP contribution in [0.5, 0.6) is 0 Å². The summed E-state index contributed by atoms with van der Waals surface area (Å²) in [5.41, 5.74) is 2.27. The number of hydrogen-bond donors (Lipinski definition) is 1. The molecule has 0 fully saturated rings. The lowest BCUT2D eigenvalue weighted by Gasteiger charge is -2.07. The molecule has 1 amide bonds. The maximum atomic E-state index is 13.1. The van der Waals surface area contributed by atoms with Crippen molar-refractivity contribution in [1.82, 2.24) is 14.9 Å². The number of nitrogens with one attached hydrogen (secondary N) is 1. The summed E-state index contributed by atoms with van der Waals surface area (Å²) in [6, 6.07) is 13.5. The molecule has 0 atom stereocenters. The van der Waals surface area contributed by atoms with Gasteiger partial charge < -0.3 is 9.88 Å². The fourth-order valence-corrected chi connectivity index (χ4v) is 2.21. The normalized spacial score (nSPS) is 10.7.